The van der Waals surface area contributed by atoms with Crippen LogP contribution in [-0.4, -0.2) is 29.7 Å². The molecule has 0 fully saturated rings. The van der Waals surface area contributed by atoms with Gasteiger partial charge in [-0.15, -0.1) is 11.6 Å². The van der Waals surface area contributed by atoms with E-state index in [1.54, 1.807) is 24.7 Å². The van der Waals surface area contributed by atoms with E-state index in [1.807, 2.05) is 33.5 Å². The van der Waals surface area contributed by atoms with Crippen LogP contribution in [0.2, 0.25) is 0 Å². The van der Waals surface area contributed by atoms with E-state index >= 15 is 0 Å². The summed E-state index contributed by atoms with van der Waals surface area (Å²) < 4.78 is 3.92. The minimum absolute atomic E-state index is 0. The summed E-state index contributed by atoms with van der Waals surface area (Å²) in [6, 6.07) is 8.33. The first-order chi connectivity index (χ1) is 12.3. The van der Waals surface area contributed by atoms with Gasteiger partial charge in [0.15, 0.2) is 0 Å². The summed E-state index contributed by atoms with van der Waals surface area (Å²) in [7, 11) is 1.90. The summed E-state index contributed by atoms with van der Waals surface area (Å²) in [6.45, 7) is 9.53. The van der Waals surface area contributed by atoms with Crippen molar-refractivity contribution in [1.29, 1.82) is 0 Å². The maximum Gasteiger partial charge on any atom is 0.0901 e. The van der Waals surface area contributed by atoms with Gasteiger partial charge in [-0.2, -0.15) is 0 Å². The average molecular weight is 437 g/mol. The van der Waals surface area contributed by atoms with E-state index in [0.717, 1.165) is 44.5 Å². The molecule has 3 aromatic heterocycles. The Kier molecular flexibility index (Phi) is 5.19. The number of aryl methyl sites for hydroxylation is 2. The zero-order chi connectivity index (χ0) is 18.6. The summed E-state index contributed by atoms with van der Waals surface area (Å²) in [5, 5.41) is 19.7. The molecule has 0 atom stereocenters. The molecule has 7 heteroatoms. The zero-order valence-corrected chi connectivity index (χ0v) is 19.1. The summed E-state index contributed by atoms with van der Waals surface area (Å²) >= 11 is 0. The van der Waals surface area contributed by atoms with E-state index in [0.29, 0.717) is 0 Å². The molecule has 4 rings (SSSR count). The molecule has 0 aliphatic heterocycles. The van der Waals surface area contributed by atoms with Gasteiger partial charge < -0.3 is 9.67 Å². The van der Waals surface area contributed by atoms with Crippen LogP contribution >= 0.6 is 0 Å². The SMILES string of the molecule is C[CH-]n1c2cc(-c3c(C)nnn3C)ccc2c2ncc(C(C)(C)O)cc21.[Y]. The van der Waals surface area contributed by atoms with Crippen LogP contribution in [0.25, 0.3) is 33.2 Å². The summed E-state index contributed by atoms with van der Waals surface area (Å²) in [5.41, 5.74) is 5.82. The molecule has 0 saturated heterocycles. The van der Waals surface area contributed by atoms with Crippen molar-refractivity contribution in [2.24, 2.45) is 7.05 Å². The molecular formula is C20H22N5OY-. The van der Waals surface area contributed by atoms with Crippen molar-refractivity contribution in [3.05, 3.63) is 48.3 Å². The number of fused-ring (bicyclic) bond motifs is 3. The van der Waals surface area contributed by atoms with E-state index in [4.69, 9.17) is 0 Å². The average Bonchev–Trinajstić information content (AvgIpc) is 3.09. The van der Waals surface area contributed by atoms with Crippen molar-refractivity contribution >= 4 is 21.9 Å². The van der Waals surface area contributed by atoms with Gasteiger partial charge in [0.1, 0.15) is 0 Å². The van der Waals surface area contributed by atoms with Crippen LogP contribution < -0.4 is 0 Å². The summed E-state index contributed by atoms with van der Waals surface area (Å²) in [5.74, 6) is 0. The van der Waals surface area contributed by atoms with Gasteiger partial charge in [-0.3, -0.25) is 4.98 Å². The first kappa shape index (κ1) is 20.0. The van der Waals surface area contributed by atoms with Crippen molar-refractivity contribution in [2.45, 2.75) is 33.3 Å². The molecule has 0 bridgehead atoms. The number of rotatable bonds is 3. The van der Waals surface area contributed by atoms with Gasteiger partial charge in [-0.05, 0) is 42.8 Å². The molecule has 0 saturated carbocycles. The monoisotopic (exact) mass is 437 g/mol. The Labute approximate surface area is 183 Å². The predicted molar refractivity (Wildman–Crippen MR) is 103 cm³/mol. The van der Waals surface area contributed by atoms with Crippen LogP contribution in [0, 0.1) is 13.5 Å². The first-order valence-electron chi connectivity index (χ1n) is 8.64. The predicted octanol–water partition coefficient (Wildman–Crippen LogP) is 3.55. The number of pyridine rings is 1. The minimum atomic E-state index is -0.932. The molecule has 1 aromatic carbocycles. The molecule has 0 amide bonds. The Morgan fingerprint density at radius 3 is 2.48 bits per heavy atom. The number of aliphatic hydroxyl groups is 1. The van der Waals surface area contributed by atoms with Crippen LogP contribution in [0.15, 0.2) is 30.5 Å². The summed E-state index contributed by atoms with van der Waals surface area (Å²) in [6.07, 6.45) is 1.75. The summed E-state index contributed by atoms with van der Waals surface area (Å²) in [4.78, 5) is 4.64. The molecule has 27 heavy (non-hydrogen) atoms. The molecule has 3 heterocycles. The molecular weight excluding hydrogens is 415 g/mol. The number of nitrogens with zero attached hydrogens (tertiary/aromatic N) is 5. The Hall–Kier alpha value is -1.76. The fourth-order valence-corrected chi connectivity index (χ4v) is 3.52. The van der Waals surface area contributed by atoms with Crippen LogP contribution in [0.3, 0.4) is 0 Å². The van der Waals surface area contributed by atoms with Gasteiger partial charge in [0.05, 0.1) is 17.0 Å². The molecule has 0 aliphatic rings. The van der Waals surface area contributed by atoms with E-state index in [9.17, 15) is 5.11 Å². The van der Waals surface area contributed by atoms with Crippen molar-refractivity contribution in [2.75, 3.05) is 0 Å². The van der Waals surface area contributed by atoms with Crippen molar-refractivity contribution in [3.63, 3.8) is 0 Å². The Morgan fingerprint density at radius 2 is 1.89 bits per heavy atom. The maximum atomic E-state index is 10.3. The number of aromatic nitrogens is 5. The number of hydrogen-bond acceptors (Lipinski definition) is 4. The molecule has 0 unspecified atom stereocenters. The third-order valence-corrected chi connectivity index (χ3v) is 4.87. The Balaban J connectivity index is 0.00000210. The van der Waals surface area contributed by atoms with Crippen LogP contribution in [-0.2, 0) is 45.4 Å². The van der Waals surface area contributed by atoms with Gasteiger partial charge >= 0.3 is 0 Å². The zero-order valence-electron chi connectivity index (χ0n) is 16.2. The molecule has 1 N–H and O–H groups in total. The van der Waals surface area contributed by atoms with Gasteiger partial charge in [0, 0.05) is 51.5 Å². The van der Waals surface area contributed by atoms with E-state index in [2.05, 4.69) is 38.1 Å². The molecule has 0 aliphatic carbocycles. The van der Waals surface area contributed by atoms with E-state index < -0.39 is 5.60 Å². The van der Waals surface area contributed by atoms with Crippen LogP contribution in [0.5, 0.6) is 0 Å². The van der Waals surface area contributed by atoms with Gasteiger partial charge in [-0.25, -0.2) is 4.68 Å². The van der Waals surface area contributed by atoms with E-state index in [-0.39, 0.29) is 32.7 Å². The molecule has 1 radical (unpaired) electrons. The second-order valence-corrected chi connectivity index (χ2v) is 7.16. The molecule has 0 spiro atoms. The minimum Gasteiger partial charge on any atom is -0.477 e. The largest absolute Gasteiger partial charge is 0.477 e. The first-order valence-corrected chi connectivity index (χ1v) is 8.64. The maximum absolute atomic E-state index is 10.3. The van der Waals surface area contributed by atoms with Crippen LogP contribution in [0.1, 0.15) is 32.0 Å². The van der Waals surface area contributed by atoms with Crippen molar-refractivity contribution < 1.29 is 37.8 Å². The van der Waals surface area contributed by atoms with Gasteiger partial charge in [-0.1, -0.05) is 41.9 Å². The second-order valence-electron chi connectivity index (χ2n) is 7.16. The standard InChI is InChI=1S/C20H22N5O.Y/c1-6-25-16-9-13(19-12(2)22-23-24(19)5)7-8-15(16)18-17(25)10-14(11-21-18)20(3,4)26;/h6-11,26H,1-5H3;/q-1;. The smallest absolute Gasteiger partial charge is 0.0901 e. The van der Waals surface area contributed by atoms with Crippen molar-refractivity contribution in [1.82, 2.24) is 24.5 Å². The van der Waals surface area contributed by atoms with Gasteiger partial charge in [0.2, 0.25) is 0 Å². The molecule has 137 valence electrons. The topological polar surface area (TPSA) is 68.8 Å². The van der Waals surface area contributed by atoms with E-state index in [1.165, 1.54) is 0 Å². The fraction of sp³-hybridized carbons (Fsp3) is 0.300. The number of hydrogen-bond donors (Lipinski definition) is 1. The second kappa shape index (κ2) is 7.00. The fourth-order valence-electron chi connectivity index (χ4n) is 3.52. The molecule has 6 nitrogen and oxygen atoms in total. The number of benzene rings is 1. The Bertz CT molecular complexity index is 1120. The quantitative estimate of drug-likeness (QED) is 0.498. The van der Waals surface area contributed by atoms with Crippen molar-refractivity contribution in [3.8, 4) is 11.3 Å². The Morgan fingerprint density at radius 1 is 1.15 bits per heavy atom. The third kappa shape index (κ3) is 3.20. The third-order valence-electron chi connectivity index (χ3n) is 4.87. The molecule has 4 aromatic rings. The normalized spacial score (nSPS) is 11.8. The van der Waals surface area contributed by atoms with Crippen LogP contribution in [0.4, 0.5) is 0 Å². The van der Waals surface area contributed by atoms with Gasteiger partial charge in [0.25, 0.3) is 0 Å².